The van der Waals surface area contributed by atoms with E-state index in [2.05, 4.69) is 53.7 Å². The molecule has 5 rings (SSSR count). The highest BCUT2D eigenvalue weighted by atomic mass is 16.4. The number of nitrogens with zero attached hydrogens (tertiary/aromatic N) is 1. The maximum Gasteiger partial charge on any atom is 0.329 e. The minimum Gasteiger partial charge on any atom is -0.481 e. The fourth-order valence-corrected chi connectivity index (χ4v) is 5.99. The van der Waals surface area contributed by atoms with Crippen molar-refractivity contribution in [2.75, 3.05) is 20.1 Å². The fourth-order valence-electron chi connectivity index (χ4n) is 5.99. The normalized spacial score (nSPS) is 25.8. The van der Waals surface area contributed by atoms with Gasteiger partial charge in [0.25, 0.3) is 0 Å². The summed E-state index contributed by atoms with van der Waals surface area (Å²) in [4.78, 5) is 27.0. The number of carboxylic acids is 2. The van der Waals surface area contributed by atoms with Gasteiger partial charge in [-0.2, -0.15) is 0 Å². The molecule has 0 radical (unpaired) electrons. The van der Waals surface area contributed by atoms with Gasteiger partial charge in [0.1, 0.15) is 11.5 Å². The van der Waals surface area contributed by atoms with Gasteiger partial charge in [-0.3, -0.25) is 4.79 Å². The van der Waals surface area contributed by atoms with E-state index >= 15 is 0 Å². The second kappa shape index (κ2) is 9.10. The van der Waals surface area contributed by atoms with Crippen LogP contribution in [-0.4, -0.2) is 52.7 Å². The summed E-state index contributed by atoms with van der Waals surface area (Å²) < 4.78 is 0. The van der Waals surface area contributed by atoms with Crippen molar-refractivity contribution in [2.24, 2.45) is 5.92 Å². The molecule has 1 aliphatic carbocycles. The van der Waals surface area contributed by atoms with Gasteiger partial charge < -0.3 is 20.4 Å². The molecule has 3 N–H and O–H groups in total. The summed E-state index contributed by atoms with van der Waals surface area (Å²) >= 11 is 0. The van der Waals surface area contributed by atoms with Crippen LogP contribution in [-0.2, 0) is 9.59 Å². The van der Waals surface area contributed by atoms with E-state index in [1.54, 1.807) is 6.92 Å². The van der Waals surface area contributed by atoms with Crippen molar-refractivity contribution in [3.05, 3.63) is 87.6 Å². The molecule has 0 spiro atoms. The first-order valence-corrected chi connectivity index (χ1v) is 12.4. The molecular weight excluding hydrogens is 452 g/mol. The molecule has 3 atom stereocenters. The summed E-state index contributed by atoms with van der Waals surface area (Å²) in [7, 11) is 2.15. The molecule has 0 saturated carbocycles. The maximum absolute atomic E-state index is 12.5. The van der Waals surface area contributed by atoms with Gasteiger partial charge in [-0.15, -0.1) is 0 Å². The SMILES string of the molecule is CC1=CC(c2ccc3c(c2)C(=C2CCN(C)CC2)c2ccccc2C=C3)C(C(=O)O)C(C)(C(=O)O)N1. The number of carboxylic acid groups (broad SMARTS) is 2. The summed E-state index contributed by atoms with van der Waals surface area (Å²) in [5.74, 6) is -4.05. The highest BCUT2D eigenvalue weighted by Crippen LogP contribution is 2.43. The molecule has 0 aromatic heterocycles. The van der Waals surface area contributed by atoms with Crippen molar-refractivity contribution in [2.45, 2.75) is 38.1 Å². The third kappa shape index (κ3) is 4.05. The van der Waals surface area contributed by atoms with Gasteiger partial charge in [0.15, 0.2) is 0 Å². The van der Waals surface area contributed by atoms with Crippen LogP contribution in [0.15, 0.2) is 59.8 Å². The molecule has 1 fully saturated rings. The van der Waals surface area contributed by atoms with Gasteiger partial charge in [-0.05, 0) is 73.2 Å². The molecule has 36 heavy (non-hydrogen) atoms. The lowest BCUT2D eigenvalue weighted by molar-refractivity contribution is -0.157. The standard InChI is InChI=1S/C30H32N2O4/c1-18-16-25(27(28(33)34)30(2,31-18)29(35)36)22-11-10-20-9-8-19-6-4-5-7-23(19)26(24(20)17-22)21-12-14-32(3)15-13-21/h4-11,16-17,25,27,31H,12-15H2,1-3H3,(H,33,34)(H,35,36). The quantitative estimate of drug-likeness (QED) is 0.493. The molecule has 186 valence electrons. The molecule has 3 unspecified atom stereocenters. The number of benzene rings is 2. The summed E-state index contributed by atoms with van der Waals surface area (Å²) in [6.45, 7) is 5.25. The van der Waals surface area contributed by atoms with Crippen LogP contribution < -0.4 is 5.32 Å². The molecule has 6 nitrogen and oxygen atoms in total. The number of rotatable bonds is 3. The van der Waals surface area contributed by atoms with Crippen LogP contribution >= 0.6 is 0 Å². The molecule has 0 bridgehead atoms. The van der Waals surface area contributed by atoms with Crippen molar-refractivity contribution in [3.8, 4) is 0 Å². The first kappa shape index (κ1) is 24.1. The molecular formula is C30H32N2O4. The van der Waals surface area contributed by atoms with Gasteiger partial charge in [0.2, 0.25) is 0 Å². The van der Waals surface area contributed by atoms with Crippen molar-refractivity contribution >= 4 is 29.7 Å². The van der Waals surface area contributed by atoms with Crippen molar-refractivity contribution in [3.63, 3.8) is 0 Å². The van der Waals surface area contributed by atoms with Gasteiger partial charge in [-0.25, -0.2) is 4.79 Å². The van der Waals surface area contributed by atoms with Crippen LogP contribution in [0.3, 0.4) is 0 Å². The van der Waals surface area contributed by atoms with Crippen LogP contribution in [0, 0.1) is 5.92 Å². The second-order valence-electron chi connectivity index (χ2n) is 10.4. The first-order chi connectivity index (χ1) is 17.2. The minimum absolute atomic E-state index is 0.582. The Morgan fingerprint density at radius 1 is 1.00 bits per heavy atom. The van der Waals surface area contributed by atoms with E-state index in [9.17, 15) is 19.8 Å². The molecule has 2 heterocycles. The van der Waals surface area contributed by atoms with E-state index in [1.165, 1.54) is 23.6 Å². The Morgan fingerprint density at radius 2 is 1.67 bits per heavy atom. The Morgan fingerprint density at radius 3 is 2.33 bits per heavy atom. The Bertz CT molecular complexity index is 1330. The van der Waals surface area contributed by atoms with Crippen LogP contribution in [0.25, 0.3) is 17.7 Å². The average Bonchev–Trinajstić information content (AvgIpc) is 3.00. The number of aliphatic carboxylic acids is 2. The molecule has 2 aromatic carbocycles. The predicted octanol–water partition coefficient (Wildman–Crippen LogP) is 4.83. The number of carbonyl (C=O) groups is 2. The van der Waals surface area contributed by atoms with E-state index in [4.69, 9.17) is 0 Å². The van der Waals surface area contributed by atoms with Crippen LogP contribution in [0.2, 0.25) is 0 Å². The molecule has 6 heteroatoms. The van der Waals surface area contributed by atoms with E-state index in [-0.39, 0.29) is 0 Å². The number of allylic oxidation sites excluding steroid dienone is 2. The number of nitrogens with one attached hydrogen (secondary N) is 1. The number of likely N-dealkylation sites (tertiary alicyclic amines) is 1. The summed E-state index contributed by atoms with van der Waals surface area (Å²) in [5.41, 5.74) is 7.00. The fraction of sp³-hybridized carbons (Fsp3) is 0.333. The topological polar surface area (TPSA) is 89.9 Å². The largest absolute Gasteiger partial charge is 0.481 e. The summed E-state index contributed by atoms with van der Waals surface area (Å²) in [6, 6.07) is 14.5. The molecule has 3 aliphatic rings. The van der Waals surface area contributed by atoms with Gasteiger partial charge in [0, 0.05) is 24.7 Å². The highest BCUT2D eigenvalue weighted by molar-refractivity contribution is 5.95. The third-order valence-corrected chi connectivity index (χ3v) is 7.93. The monoisotopic (exact) mass is 484 g/mol. The van der Waals surface area contributed by atoms with Crippen LogP contribution in [0.4, 0.5) is 0 Å². The second-order valence-corrected chi connectivity index (χ2v) is 10.4. The Balaban J connectivity index is 1.71. The molecule has 0 amide bonds. The zero-order chi connectivity index (χ0) is 25.6. The van der Waals surface area contributed by atoms with Crippen LogP contribution in [0.1, 0.15) is 60.4 Å². The maximum atomic E-state index is 12.5. The number of hydrogen-bond donors (Lipinski definition) is 3. The van der Waals surface area contributed by atoms with Gasteiger partial charge >= 0.3 is 11.9 Å². The van der Waals surface area contributed by atoms with Gasteiger partial charge in [-0.1, -0.05) is 60.2 Å². The lowest BCUT2D eigenvalue weighted by Crippen LogP contribution is -2.60. The van der Waals surface area contributed by atoms with E-state index < -0.39 is 29.3 Å². The number of hydrogen-bond acceptors (Lipinski definition) is 4. The average molecular weight is 485 g/mol. The van der Waals surface area contributed by atoms with Crippen LogP contribution in [0.5, 0.6) is 0 Å². The smallest absolute Gasteiger partial charge is 0.329 e. The molecule has 1 saturated heterocycles. The highest BCUT2D eigenvalue weighted by Gasteiger charge is 2.52. The van der Waals surface area contributed by atoms with Gasteiger partial charge in [0.05, 0.1) is 0 Å². The van der Waals surface area contributed by atoms with E-state index in [0.717, 1.165) is 48.2 Å². The number of fused-ring (bicyclic) bond motifs is 2. The first-order valence-electron chi connectivity index (χ1n) is 12.4. The van der Waals surface area contributed by atoms with Crippen molar-refractivity contribution < 1.29 is 19.8 Å². The summed E-state index contributed by atoms with van der Waals surface area (Å²) in [5, 5.41) is 23.1. The summed E-state index contributed by atoms with van der Waals surface area (Å²) in [6.07, 6.45) is 8.08. The van der Waals surface area contributed by atoms with E-state index in [0.29, 0.717) is 5.70 Å². The zero-order valence-corrected chi connectivity index (χ0v) is 20.9. The lowest BCUT2D eigenvalue weighted by Gasteiger charge is -2.41. The van der Waals surface area contributed by atoms with Crippen molar-refractivity contribution in [1.29, 1.82) is 0 Å². The minimum atomic E-state index is -1.62. The Hall–Kier alpha value is -3.64. The third-order valence-electron chi connectivity index (χ3n) is 7.93. The molecule has 2 aromatic rings. The lowest BCUT2D eigenvalue weighted by atomic mass is 9.70. The molecule has 2 aliphatic heterocycles. The van der Waals surface area contributed by atoms with E-state index in [1.807, 2.05) is 24.3 Å². The Kier molecular flexibility index (Phi) is 6.08. The zero-order valence-electron chi connectivity index (χ0n) is 20.9. The number of piperidine rings is 1. The van der Waals surface area contributed by atoms with Crippen molar-refractivity contribution in [1.82, 2.24) is 10.2 Å². The Labute approximate surface area is 211 Å². The predicted molar refractivity (Wildman–Crippen MR) is 141 cm³/mol.